The number of carbonyl (C=O) groups excluding carboxylic acids is 1. The number of imidazole rings is 1. The lowest BCUT2D eigenvalue weighted by atomic mass is 10.2. The monoisotopic (exact) mass is 175 g/mol. The Hall–Kier alpha value is -1.68. The Morgan fingerprint density at radius 3 is 3.15 bits per heavy atom. The van der Waals surface area contributed by atoms with Crippen molar-refractivity contribution in [2.45, 2.75) is 0 Å². The average molecular weight is 175 g/mol. The number of fused-ring (bicyclic) bond motifs is 1. The molecule has 0 aromatic carbocycles. The lowest BCUT2D eigenvalue weighted by Gasteiger charge is -1.99. The van der Waals surface area contributed by atoms with E-state index in [0.29, 0.717) is 11.2 Å². The third-order valence-corrected chi connectivity index (χ3v) is 1.90. The Morgan fingerprint density at radius 2 is 2.38 bits per heavy atom. The van der Waals surface area contributed by atoms with Crippen LogP contribution >= 0.6 is 0 Å². The van der Waals surface area contributed by atoms with Crippen molar-refractivity contribution in [2.75, 3.05) is 6.54 Å². The Bertz CT molecular complexity index is 447. The minimum absolute atomic E-state index is 0.0204. The van der Waals surface area contributed by atoms with E-state index in [2.05, 4.69) is 4.98 Å². The molecule has 0 radical (unpaired) electrons. The molecule has 13 heavy (non-hydrogen) atoms. The van der Waals surface area contributed by atoms with Gasteiger partial charge in [-0.05, 0) is 12.1 Å². The molecule has 0 amide bonds. The van der Waals surface area contributed by atoms with Crippen LogP contribution < -0.4 is 5.73 Å². The molecule has 0 aliphatic rings. The van der Waals surface area contributed by atoms with E-state index in [1.165, 1.54) is 0 Å². The molecule has 66 valence electrons. The second-order valence-electron chi connectivity index (χ2n) is 2.71. The fraction of sp³-hybridized carbons (Fsp3) is 0.111. The number of carbonyl (C=O) groups is 1. The van der Waals surface area contributed by atoms with Crippen LogP contribution in [0.1, 0.15) is 10.4 Å². The second-order valence-corrected chi connectivity index (χ2v) is 2.71. The smallest absolute Gasteiger partial charge is 0.180 e. The Morgan fingerprint density at radius 1 is 1.54 bits per heavy atom. The molecule has 0 saturated heterocycles. The summed E-state index contributed by atoms with van der Waals surface area (Å²) >= 11 is 0. The largest absolute Gasteiger partial charge is 0.324 e. The number of hydrogen-bond acceptors (Lipinski definition) is 3. The first-order valence-corrected chi connectivity index (χ1v) is 3.98. The first-order chi connectivity index (χ1) is 6.33. The van der Waals surface area contributed by atoms with Crippen LogP contribution in [0.2, 0.25) is 0 Å². The maximum Gasteiger partial charge on any atom is 0.180 e. The van der Waals surface area contributed by atoms with Crippen LogP contribution in [0.25, 0.3) is 5.65 Å². The van der Waals surface area contributed by atoms with Crippen LogP contribution in [0.15, 0.2) is 30.7 Å². The summed E-state index contributed by atoms with van der Waals surface area (Å²) in [7, 11) is 0. The topological polar surface area (TPSA) is 60.4 Å². The first-order valence-electron chi connectivity index (χ1n) is 3.98. The number of nitrogens with two attached hydrogens (primary N) is 1. The Labute approximate surface area is 75.0 Å². The number of rotatable bonds is 2. The van der Waals surface area contributed by atoms with Crippen LogP contribution in [0.4, 0.5) is 0 Å². The standard InChI is InChI=1S/C9H9N3O/c10-6-8(13)7-2-1-4-12-5-3-11-9(7)12/h1-5H,6,10H2. The lowest BCUT2D eigenvalue weighted by molar-refractivity contribution is 0.100. The van der Waals surface area contributed by atoms with Crippen molar-refractivity contribution in [1.82, 2.24) is 9.38 Å². The molecule has 0 bridgehead atoms. The van der Waals surface area contributed by atoms with E-state index in [0.717, 1.165) is 0 Å². The molecule has 0 unspecified atom stereocenters. The molecular weight excluding hydrogens is 166 g/mol. The summed E-state index contributed by atoms with van der Waals surface area (Å²) in [4.78, 5) is 15.4. The predicted octanol–water partition coefficient (Wildman–Crippen LogP) is 0.476. The summed E-state index contributed by atoms with van der Waals surface area (Å²) in [6, 6.07) is 3.54. The minimum atomic E-state index is -0.0863. The number of pyridine rings is 1. The minimum Gasteiger partial charge on any atom is -0.324 e. The highest BCUT2D eigenvalue weighted by atomic mass is 16.1. The number of hydrogen-bond donors (Lipinski definition) is 1. The van der Waals surface area contributed by atoms with Crippen molar-refractivity contribution < 1.29 is 4.79 Å². The molecule has 2 aromatic rings. The zero-order chi connectivity index (χ0) is 9.26. The summed E-state index contributed by atoms with van der Waals surface area (Å²) < 4.78 is 1.79. The first kappa shape index (κ1) is 7.94. The van der Waals surface area contributed by atoms with E-state index in [-0.39, 0.29) is 12.3 Å². The highest BCUT2D eigenvalue weighted by Crippen LogP contribution is 2.08. The summed E-state index contributed by atoms with van der Waals surface area (Å²) in [6.07, 6.45) is 5.29. The van der Waals surface area contributed by atoms with Crippen molar-refractivity contribution in [3.05, 3.63) is 36.3 Å². The van der Waals surface area contributed by atoms with E-state index < -0.39 is 0 Å². The number of Topliss-reactive ketones (excluding diaryl/α,β-unsaturated/α-hetero) is 1. The maximum atomic E-state index is 11.3. The SMILES string of the molecule is NCC(=O)c1cccn2ccnc12. The molecule has 4 nitrogen and oxygen atoms in total. The van der Waals surface area contributed by atoms with Crippen LogP contribution in [0.3, 0.4) is 0 Å². The van der Waals surface area contributed by atoms with Crippen molar-refractivity contribution in [3.63, 3.8) is 0 Å². The van der Waals surface area contributed by atoms with Gasteiger partial charge in [-0.1, -0.05) is 0 Å². The van der Waals surface area contributed by atoms with Gasteiger partial charge in [-0.3, -0.25) is 4.79 Å². The van der Waals surface area contributed by atoms with E-state index in [1.807, 2.05) is 6.20 Å². The molecule has 2 aromatic heterocycles. The highest BCUT2D eigenvalue weighted by Gasteiger charge is 2.08. The number of aromatic nitrogens is 2. The predicted molar refractivity (Wildman–Crippen MR) is 48.6 cm³/mol. The van der Waals surface area contributed by atoms with E-state index in [4.69, 9.17) is 5.73 Å². The van der Waals surface area contributed by atoms with Gasteiger partial charge in [0.15, 0.2) is 5.78 Å². The average Bonchev–Trinajstić information content (AvgIpc) is 2.63. The van der Waals surface area contributed by atoms with Crippen LogP contribution in [0.5, 0.6) is 0 Å². The highest BCUT2D eigenvalue weighted by molar-refractivity contribution is 6.02. The normalized spacial score (nSPS) is 10.5. The molecular formula is C9H9N3O. The molecule has 2 rings (SSSR count). The van der Waals surface area contributed by atoms with Gasteiger partial charge in [0, 0.05) is 18.6 Å². The molecule has 0 aliphatic carbocycles. The van der Waals surface area contributed by atoms with Crippen molar-refractivity contribution in [2.24, 2.45) is 5.73 Å². The fourth-order valence-electron chi connectivity index (χ4n) is 1.28. The lowest BCUT2D eigenvalue weighted by Crippen LogP contribution is -2.14. The zero-order valence-corrected chi connectivity index (χ0v) is 6.97. The summed E-state index contributed by atoms with van der Waals surface area (Å²) in [5.74, 6) is -0.0863. The molecule has 0 spiro atoms. The van der Waals surface area contributed by atoms with Gasteiger partial charge in [0.05, 0.1) is 12.1 Å². The van der Waals surface area contributed by atoms with Crippen molar-refractivity contribution in [1.29, 1.82) is 0 Å². The summed E-state index contributed by atoms with van der Waals surface area (Å²) in [5.41, 5.74) is 6.52. The second kappa shape index (κ2) is 2.99. The molecule has 0 saturated carbocycles. The van der Waals surface area contributed by atoms with Gasteiger partial charge >= 0.3 is 0 Å². The number of ketones is 1. The van der Waals surface area contributed by atoms with Gasteiger partial charge in [-0.15, -0.1) is 0 Å². The van der Waals surface area contributed by atoms with Crippen LogP contribution in [-0.2, 0) is 0 Å². The quantitative estimate of drug-likeness (QED) is 0.675. The summed E-state index contributed by atoms with van der Waals surface area (Å²) in [5, 5.41) is 0. The molecule has 0 atom stereocenters. The fourth-order valence-corrected chi connectivity index (χ4v) is 1.28. The van der Waals surface area contributed by atoms with Crippen molar-refractivity contribution in [3.8, 4) is 0 Å². The molecule has 0 aliphatic heterocycles. The van der Waals surface area contributed by atoms with Crippen LogP contribution in [-0.4, -0.2) is 21.7 Å². The van der Waals surface area contributed by atoms with Gasteiger partial charge in [-0.25, -0.2) is 4.98 Å². The van der Waals surface area contributed by atoms with E-state index in [9.17, 15) is 4.79 Å². The third-order valence-electron chi connectivity index (χ3n) is 1.90. The van der Waals surface area contributed by atoms with Gasteiger partial charge in [0.25, 0.3) is 0 Å². The molecule has 0 fully saturated rings. The molecule has 4 heteroatoms. The van der Waals surface area contributed by atoms with Crippen LogP contribution in [0, 0.1) is 0 Å². The Kier molecular flexibility index (Phi) is 1.83. The summed E-state index contributed by atoms with van der Waals surface area (Å²) in [6.45, 7) is 0.0204. The van der Waals surface area contributed by atoms with Crippen molar-refractivity contribution >= 4 is 11.4 Å². The van der Waals surface area contributed by atoms with Gasteiger partial charge in [0.1, 0.15) is 5.65 Å². The van der Waals surface area contributed by atoms with E-state index >= 15 is 0 Å². The molecule has 2 N–H and O–H groups in total. The Balaban J connectivity index is 2.67. The van der Waals surface area contributed by atoms with Gasteiger partial charge in [0.2, 0.25) is 0 Å². The van der Waals surface area contributed by atoms with E-state index in [1.54, 1.807) is 28.9 Å². The maximum absolute atomic E-state index is 11.3. The zero-order valence-electron chi connectivity index (χ0n) is 6.97. The van der Waals surface area contributed by atoms with Gasteiger partial charge < -0.3 is 10.1 Å². The van der Waals surface area contributed by atoms with Gasteiger partial charge in [-0.2, -0.15) is 0 Å². The number of nitrogens with zero attached hydrogens (tertiary/aromatic N) is 2. The third kappa shape index (κ3) is 1.21. The molecule has 2 heterocycles.